The van der Waals surface area contributed by atoms with Gasteiger partial charge >= 0.3 is 0 Å². The zero-order chi connectivity index (χ0) is 36.0. The molecule has 0 saturated carbocycles. The van der Waals surface area contributed by atoms with Gasteiger partial charge < -0.3 is 9.80 Å². The van der Waals surface area contributed by atoms with Gasteiger partial charge in [0.05, 0.1) is 11.7 Å². The van der Waals surface area contributed by atoms with E-state index in [-0.39, 0.29) is 24.6 Å². The molecule has 0 N–H and O–H groups in total. The van der Waals surface area contributed by atoms with Crippen molar-refractivity contribution in [2.45, 2.75) is 11.3 Å². The van der Waals surface area contributed by atoms with Crippen LogP contribution >= 0.6 is 34.4 Å². The van der Waals surface area contributed by atoms with E-state index in [1.54, 1.807) is 0 Å². The molecular weight excluding hydrogens is 736 g/mol. The van der Waals surface area contributed by atoms with Gasteiger partial charge in [0.1, 0.15) is 0 Å². The Morgan fingerprint density at radius 2 is 1.62 bits per heavy atom. The molecule has 2 nitrogen and oxygen atoms in total. The summed E-state index contributed by atoms with van der Waals surface area (Å²) >= 11 is 5.82. The van der Waals surface area contributed by atoms with Crippen LogP contribution in [0.15, 0.2) is 172 Å². The van der Waals surface area contributed by atoms with Crippen molar-refractivity contribution >= 4 is 112 Å². The Balaban J connectivity index is 1.13. The average molecular weight is 765 g/mol. The van der Waals surface area contributed by atoms with Crippen LogP contribution in [-0.2, 0) is 0 Å². The molecule has 0 radical (unpaired) electrons. The summed E-state index contributed by atoms with van der Waals surface area (Å²) in [4.78, 5) is 6.99. The normalized spacial score (nSPS) is 23.6. The third-order valence-electron chi connectivity index (χ3n) is 13.9. The summed E-state index contributed by atoms with van der Waals surface area (Å²) in [6, 6.07) is 33.2. The van der Waals surface area contributed by atoms with Crippen LogP contribution in [-0.4, -0.2) is 12.8 Å². The van der Waals surface area contributed by atoms with Gasteiger partial charge in [-0.1, -0.05) is 109 Å². The van der Waals surface area contributed by atoms with Gasteiger partial charge in [-0.25, -0.2) is 0 Å². The predicted molar refractivity (Wildman–Crippen MR) is 242 cm³/mol. The highest BCUT2D eigenvalue weighted by Crippen LogP contribution is 2.62. The van der Waals surface area contributed by atoms with Crippen LogP contribution in [0, 0.1) is 11.8 Å². The molecule has 4 atom stereocenters. The fourth-order valence-electron chi connectivity index (χ4n) is 11.7. The number of hydrogen-bond acceptors (Lipinski definition) is 5. The highest BCUT2D eigenvalue weighted by molar-refractivity contribution is 8.02. The number of rotatable bonds is 1. The van der Waals surface area contributed by atoms with Crippen molar-refractivity contribution in [3.8, 4) is 11.1 Å². The van der Waals surface area contributed by atoms with E-state index >= 15 is 0 Å². The molecule has 5 aliphatic heterocycles. The number of thioether (sulfide) groups is 1. The van der Waals surface area contributed by atoms with Crippen LogP contribution in [0.25, 0.3) is 48.3 Å². The molecule has 0 fully saturated rings. The molecule has 4 unspecified atom stereocenters. The van der Waals surface area contributed by atoms with Crippen LogP contribution in [0.3, 0.4) is 0 Å². The Bertz CT molecular complexity index is 3290. The predicted octanol–water partition coefficient (Wildman–Crippen LogP) is 12.3. The van der Waals surface area contributed by atoms with Gasteiger partial charge in [0.2, 0.25) is 0 Å². The van der Waals surface area contributed by atoms with Crippen molar-refractivity contribution in [3.63, 3.8) is 0 Å². The fraction of sp³-hybridized carbons (Fsp3) is 0.0800. The van der Waals surface area contributed by atoms with Crippen LogP contribution in [0.2, 0.25) is 0 Å². The number of nitrogens with zero attached hydrogens (tertiary/aromatic N) is 2. The zero-order valence-electron chi connectivity index (χ0n) is 29.9. The Labute approximate surface area is 336 Å². The summed E-state index contributed by atoms with van der Waals surface area (Å²) in [5, 5.41) is 14.4. The number of fused-ring (bicyclic) bond motifs is 9. The molecule has 0 saturated heterocycles. The number of benzene rings is 5. The molecule has 2 aromatic heterocycles. The first kappa shape index (κ1) is 29.7. The molecule has 260 valence electrons. The average Bonchev–Trinajstić information content (AvgIpc) is 3.96. The second-order valence-electron chi connectivity index (χ2n) is 16.3. The molecule has 7 heterocycles. The van der Waals surface area contributed by atoms with E-state index in [1.807, 2.05) is 34.4 Å². The maximum absolute atomic E-state index is 2.81. The smallest absolute Gasteiger partial charge is 0.251 e. The van der Waals surface area contributed by atoms with Crippen LogP contribution in [0.4, 0.5) is 22.7 Å². The third kappa shape index (κ3) is 3.43. The van der Waals surface area contributed by atoms with Crippen molar-refractivity contribution in [2.75, 3.05) is 9.80 Å². The van der Waals surface area contributed by atoms with E-state index in [2.05, 4.69) is 160 Å². The molecule has 5 aromatic carbocycles. The van der Waals surface area contributed by atoms with Crippen LogP contribution in [0.5, 0.6) is 0 Å². The van der Waals surface area contributed by atoms with Crippen LogP contribution < -0.4 is 20.7 Å². The summed E-state index contributed by atoms with van der Waals surface area (Å²) in [5.41, 5.74) is 19.6. The first-order chi connectivity index (χ1) is 27.8. The van der Waals surface area contributed by atoms with Gasteiger partial charge in [0, 0.05) is 71.1 Å². The second kappa shape index (κ2) is 10.3. The molecule has 7 aromatic rings. The number of thiophene rings is 2. The van der Waals surface area contributed by atoms with E-state index in [9.17, 15) is 0 Å². The summed E-state index contributed by atoms with van der Waals surface area (Å²) in [5.74, 6) is 0.520. The minimum atomic E-state index is 0.113. The van der Waals surface area contributed by atoms with Gasteiger partial charge in [-0.3, -0.25) is 0 Å². The highest BCUT2D eigenvalue weighted by Gasteiger charge is 2.53. The molecule has 15 rings (SSSR count). The van der Waals surface area contributed by atoms with E-state index in [0.717, 1.165) is 0 Å². The standard InChI is InChI=1S/C50H29BN2S3/c1-2-16-41-31(11-1)34(25-54-41)30-21-39-46-40(22-30)53-38-15-6-10-27-8-4-13-33(43(27)38)50-45-29(24-56-50)18-20-36(48(45)53)51(46)35-19-17-28-23-55-49-32-12-3-7-26-9-5-14-37(42(26)32)52(39)47(35)44(28)49/h1-25,37,42,45,50H. The Morgan fingerprint density at radius 3 is 2.61 bits per heavy atom. The lowest BCUT2D eigenvalue weighted by Gasteiger charge is -2.49. The first-order valence-corrected chi connectivity index (χ1v) is 22.3. The molecule has 6 heteroatoms. The first-order valence-electron chi connectivity index (χ1n) is 19.6. The van der Waals surface area contributed by atoms with E-state index in [4.69, 9.17) is 0 Å². The van der Waals surface area contributed by atoms with E-state index in [0.29, 0.717) is 5.25 Å². The topological polar surface area (TPSA) is 6.48 Å². The van der Waals surface area contributed by atoms with Gasteiger partial charge in [0.25, 0.3) is 6.71 Å². The number of allylic oxidation sites excluding steroid dienone is 9. The van der Waals surface area contributed by atoms with Crippen LogP contribution in [0.1, 0.15) is 15.7 Å². The van der Waals surface area contributed by atoms with E-state index < -0.39 is 0 Å². The lowest BCUT2D eigenvalue weighted by Crippen LogP contribution is -2.59. The molecule has 8 aliphatic rings. The van der Waals surface area contributed by atoms with Crippen molar-refractivity contribution < 1.29 is 0 Å². The molecule has 3 aliphatic carbocycles. The van der Waals surface area contributed by atoms with Gasteiger partial charge in [-0.05, 0) is 95.5 Å². The summed E-state index contributed by atoms with van der Waals surface area (Å²) in [6.45, 7) is 0.113. The molecular formula is C50H29BN2S3. The van der Waals surface area contributed by atoms with Crippen molar-refractivity contribution in [2.24, 2.45) is 11.8 Å². The molecule has 56 heavy (non-hydrogen) atoms. The second-order valence-corrected chi connectivity index (χ2v) is 19.1. The zero-order valence-corrected chi connectivity index (χ0v) is 32.4. The van der Waals surface area contributed by atoms with E-state index in [1.165, 1.54) is 115 Å². The third-order valence-corrected chi connectivity index (χ3v) is 17.1. The monoisotopic (exact) mass is 764 g/mol. The van der Waals surface area contributed by atoms with Crippen molar-refractivity contribution in [1.82, 2.24) is 0 Å². The summed E-state index contributed by atoms with van der Waals surface area (Å²) in [6.07, 6.45) is 19.2. The van der Waals surface area contributed by atoms with Gasteiger partial charge in [0.15, 0.2) is 0 Å². The fourth-order valence-corrected chi connectivity index (χ4v) is 15.1. The Kier molecular flexibility index (Phi) is 5.44. The molecule has 0 amide bonds. The molecule has 0 spiro atoms. The van der Waals surface area contributed by atoms with Gasteiger partial charge in [-0.15, -0.1) is 34.4 Å². The largest absolute Gasteiger partial charge is 0.334 e. The number of anilines is 4. The van der Waals surface area contributed by atoms with Crippen molar-refractivity contribution in [1.29, 1.82) is 0 Å². The minimum absolute atomic E-state index is 0.113. The number of hydrogen-bond donors (Lipinski definition) is 0. The van der Waals surface area contributed by atoms with Gasteiger partial charge in [-0.2, -0.15) is 0 Å². The Morgan fingerprint density at radius 1 is 0.696 bits per heavy atom. The highest BCUT2D eigenvalue weighted by atomic mass is 32.2. The SMILES string of the molecule is C1=CC2=CC=CC3C2C(=C1)c1scc2ccc4c(c12)N3c1cc(-c2csc3ccccc23)cc2c1B4C1=C3C4C(=CSC4c4cccc5cccc(c45)N32)C=C1. The lowest BCUT2D eigenvalue weighted by atomic mass is 9.32. The summed E-state index contributed by atoms with van der Waals surface area (Å²) in [7, 11) is 0. The summed E-state index contributed by atoms with van der Waals surface area (Å²) < 4.78 is 1.33. The minimum Gasteiger partial charge on any atom is -0.334 e. The maximum Gasteiger partial charge on any atom is 0.251 e. The lowest BCUT2D eigenvalue weighted by molar-refractivity contribution is 0.661. The maximum atomic E-state index is 2.81. The molecule has 0 bridgehead atoms. The Hall–Kier alpha value is -5.53. The van der Waals surface area contributed by atoms with Crippen molar-refractivity contribution in [3.05, 3.63) is 182 Å². The quantitative estimate of drug-likeness (QED) is 0.154.